The zero-order valence-corrected chi connectivity index (χ0v) is 9.89. The summed E-state index contributed by atoms with van der Waals surface area (Å²) in [4.78, 5) is 33.9. The van der Waals surface area contributed by atoms with Gasteiger partial charge < -0.3 is 9.84 Å². The van der Waals surface area contributed by atoms with E-state index in [-0.39, 0.29) is 22.6 Å². The van der Waals surface area contributed by atoms with Crippen molar-refractivity contribution in [2.24, 2.45) is 0 Å². The first-order valence-corrected chi connectivity index (χ1v) is 5.27. The fraction of sp³-hybridized carbons (Fsp3) is 0.0833. The first-order chi connectivity index (χ1) is 9.02. The normalized spacial score (nSPS) is 14.8. The molecule has 4 amide bonds. The van der Waals surface area contributed by atoms with Crippen molar-refractivity contribution in [3.05, 3.63) is 29.3 Å². The van der Waals surface area contributed by atoms with E-state index < -0.39 is 17.8 Å². The molecule has 0 saturated carbocycles. The number of barbiturate groups is 1. The van der Waals surface area contributed by atoms with Crippen LogP contribution in [-0.2, 0) is 9.59 Å². The van der Waals surface area contributed by atoms with Gasteiger partial charge in [0.1, 0.15) is 5.57 Å². The number of phenols is 1. The Bertz CT molecular complexity index is 584. The van der Waals surface area contributed by atoms with Crippen molar-refractivity contribution in [2.75, 3.05) is 7.11 Å². The molecule has 0 aromatic heterocycles. The largest absolute Gasteiger partial charge is 0.504 e. The number of benzene rings is 1. The first kappa shape index (κ1) is 12.6. The molecule has 98 valence electrons. The highest BCUT2D eigenvalue weighted by atomic mass is 16.5. The number of para-hydroxylation sites is 1. The average molecular weight is 262 g/mol. The molecular formula is C12H10N2O5. The highest BCUT2D eigenvalue weighted by Crippen LogP contribution is 2.31. The summed E-state index contributed by atoms with van der Waals surface area (Å²) >= 11 is 0. The van der Waals surface area contributed by atoms with Crippen molar-refractivity contribution < 1.29 is 24.2 Å². The van der Waals surface area contributed by atoms with Gasteiger partial charge in [-0.15, -0.1) is 0 Å². The van der Waals surface area contributed by atoms with Crippen LogP contribution in [0.5, 0.6) is 11.5 Å². The lowest BCUT2D eigenvalue weighted by atomic mass is 10.1. The molecule has 1 saturated heterocycles. The van der Waals surface area contributed by atoms with Crippen LogP contribution in [0.1, 0.15) is 5.56 Å². The number of amides is 4. The molecule has 0 spiro atoms. The number of methoxy groups -OCH3 is 1. The van der Waals surface area contributed by atoms with E-state index >= 15 is 0 Å². The Balaban J connectivity index is 2.43. The quantitative estimate of drug-likeness (QED) is 0.520. The van der Waals surface area contributed by atoms with Gasteiger partial charge >= 0.3 is 6.03 Å². The lowest BCUT2D eigenvalue weighted by Gasteiger charge is -2.14. The number of imide groups is 2. The van der Waals surface area contributed by atoms with Gasteiger partial charge in [-0.05, 0) is 12.1 Å². The number of ether oxygens (including phenoxy) is 1. The summed E-state index contributed by atoms with van der Waals surface area (Å²) in [6, 6.07) is 3.75. The maximum absolute atomic E-state index is 11.5. The molecule has 7 nitrogen and oxygen atoms in total. The molecule has 19 heavy (non-hydrogen) atoms. The Morgan fingerprint density at radius 3 is 2.37 bits per heavy atom. The van der Waals surface area contributed by atoms with Gasteiger partial charge in [-0.1, -0.05) is 12.1 Å². The van der Waals surface area contributed by atoms with Crippen LogP contribution in [0.4, 0.5) is 4.79 Å². The molecule has 1 aromatic carbocycles. The van der Waals surface area contributed by atoms with Crippen molar-refractivity contribution in [3.63, 3.8) is 0 Å². The van der Waals surface area contributed by atoms with E-state index in [2.05, 4.69) is 0 Å². The van der Waals surface area contributed by atoms with Gasteiger partial charge in [0.2, 0.25) is 0 Å². The van der Waals surface area contributed by atoms with E-state index in [0.717, 1.165) is 0 Å². The van der Waals surface area contributed by atoms with E-state index in [9.17, 15) is 19.5 Å². The molecule has 2 rings (SSSR count). The van der Waals surface area contributed by atoms with Gasteiger partial charge in [-0.3, -0.25) is 20.2 Å². The summed E-state index contributed by atoms with van der Waals surface area (Å²) in [5.41, 5.74) is -0.0443. The van der Waals surface area contributed by atoms with Gasteiger partial charge in [-0.2, -0.15) is 0 Å². The predicted octanol–water partition coefficient (Wildman–Crippen LogP) is 0.150. The third kappa shape index (κ3) is 2.39. The lowest BCUT2D eigenvalue weighted by molar-refractivity contribution is -0.123. The topological polar surface area (TPSA) is 105 Å². The molecule has 1 aromatic rings. The summed E-state index contributed by atoms with van der Waals surface area (Å²) in [5.74, 6) is -1.64. The third-order valence-electron chi connectivity index (χ3n) is 2.49. The minimum Gasteiger partial charge on any atom is -0.504 e. The maximum atomic E-state index is 11.5. The number of hydrogen-bond acceptors (Lipinski definition) is 5. The highest BCUT2D eigenvalue weighted by molar-refractivity contribution is 6.31. The SMILES string of the molecule is COc1cccc(C=C2C(=O)NC(=O)NC2=O)c1O. The number of aromatic hydroxyl groups is 1. The average Bonchev–Trinajstić information content (AvgIpc) is 2.35. The number of urea groups is 1. The molecule has 0 atom stereocenters. The van der Waals surface area contributed by atoms with E-state index in [0.29, 0.717) is 0 Å². The van der Waals surface area contributed by atoms with Gasteiger partial charge in [0.05, 0.1) is 7.11 Å². The van der Waals surface area contributed by atoms with Crippen molar-refractivity contribution in [1.29, 1.82) is 0 Å². The molecule has 7 heteroatoms. The van der Waals surface area contributed by atoms with Crippen LogP contribution in [0.2, 0.25) is 0 Å². The summed E-state index contributed by atoms with van der Waals surface area (Å²) < 4.78 is 4.91. The zero-order valence-electron chi connectivity index (χ0n) is 9.89. The minimum atomic E-state index is -0.873. The molecule has 1 heterocycles. The van der Waals surface area contributed by atoms with Crippen LogP contribution in [0.3, 0.4) is 0 Å². The van der Waals surface area contributed by atoms with Gasteiger partial charge in [0.25, 0.3) is 11.8 Å². The van der Waals surface area contributed by atoms with E-state index in [4.69, 9.17) is 4.74 Å². The Hall–Kier alpha value is -2.83. The standard InChI is InChI=1S/C12H10N2O5/c1-19-8-4-2-3-6(9(8)15)5-7-10(16)13-12(18)14-11(7)17/h2-5,15H,1H3,(H2,13,14,16,17,18). The summed E-state index contributed by atoms with van der Waals surface area (Å²) in [6.07, 6.45) is 1.18. The van der Waals surface area contributed by atoms with E-state index in [1.54, 1.807) is 6.07 Å². The Morgan fingerprint density at radius 2 is 1.79 bits per heavy atom. The van der Waals surface area contributed by atoms with Crippen molar-refractivity contribution in [2.45, 2.75) is 0 Å². The van der Waals surface area contributed by atoms with Crippen LogP contribution in [0.15, 0.2) is 23.8 Å². The van der Waals surface area contributed by atoms with Crippen molar-refractivity contribution >= 4 is 23.9 Å². The third-order valence-corrected chi connectivity index (χ3v) is 2.49. The molecule has 0 bridgehead atoms. The van der Waals surface area contributed by atoms with Crippen LogP contribution in [0.25, 0.3) is 6.08 Å². The second-order valence-corrected chi connectivity index (χ2v) is 3.69. The number of hydrogen-bond donors (Lipinski definition) is 3. The number of phenolic OH excluding ortho intramolecular Hbond substituents is 1. The second-order valence-electron chi connectivity index (χ2n) is 3.69. The van der Waals surface area contributed by atoms with Crippen LogP contribution >= 0.6 is 0 Å². The number of nitrogens with one attached hydrogen (secondary N) is 2. The van der Waals surface area contributed by atoms with Crippen molar-refractivity contribution in [3.8, 4) is 11.5 Å². The van der Waals surface area contributed by atoms with E-state index in [1.807, 2.05) is 10.6 Å². The number of carbonyl (C=O) groups excluding carboxylic acids is 3. The first-order valence-electron chi connectivity index (χ1n) is 5.27. The smallest absolute Gasteiger partial charge is 0.328 e. The fourth-order valence-electron chi connectivity index (χ4n) is 1.58. The Kier molecular flexibility index (Phi) is 3.19. The summed E-state index contributed by atoms with van der Waals surface area (Å²) in [5, 5.41) is 13.7. The lowest BCUT2D eigenvalue weighted by Crippen LogP contribution is -2.51. The fourth-order valence-corrected chi connectivity index (χ4v) is 1.58. The van der Waals surface area contributed by atoms with Gasteiger partial charge in [0.15, 0.2) is 11.5 Å². The predicted molar refractivity (Wildman–Crippen MR) is 64.3 cm³/mol. The molecule has 0 radical (unpaired) electrons. The van der Waals surface area contributed by atoms with Crippen LogP contribution < -0.4 is 15.4 Å². The molecule has 1 aliphatic heterocycles. The minimum absolute atomic E-state index is 0.199. The molecule has 0 aliphatic carbocycles. The number of rotatable bonds is 2. The Morgan fingerprint density at radius 1 is 1.16 bits per heavy atom. The molecule has 1 fully saturated rings. The monoisotopic (exact) mass is 262 g/mol. The highest BCUT2D eigenvalue weighted by Gasteiger charge is 2.28. The Labute approximate surface area is 107 Å². The number of carbonyl (C=O) groups is 3. The van der Waals surface area contributed by atoms with Crippen LogP contribution in [-0.4, -0.2) is 30.1 Å². The zero-order chi connectivity index (χ0) is 14.0. The molecule has 1 aliphatic rings. The second kappa shape index (κ2) is 4.81. The summed E-state index contributed by atoms with van der Waals surface area (Å²) in [6.45, 7) is 0. The maximum Gasteiger partial charge on any atom is 0.328 e. The van der Waals surface area contributed by atoms with Gasteiger partial charge in [-0.25, -0.2) is 4.79 Å². The van der Waals surface area contributed by atoms with E-state index in [1.165, 1.54) is 25.3 Å². The van der Waals surface area contributed by atoms with Crippen molar-refractivity contribution in [1.82, 2.24) is 10.6 Å². The summed E-state index contributed by atoms with van der Waals surface area (Å²) in [7, 11) is 1.38. The molecule has 0 unspecified atom stereocenters. The molecular weight excluding hydrogens is 252 g/mol. The van der Waals surface area contributed by atoms with Crippen LogP contribution in [0, 0.1) is 0 Å². The molecule has 3 N–H and O–H groups in total. The van der Waals surface area contributed by atoms with Gasteiger partial charge in [0, 0.05) is 5.56 Å².